The summed E-state index contributed by atoms with van der Waals surface area (Å²) in [5.74, 6) is -0.569. The van der Waals surface area contributed by atoms with Gasteiger partial charge in [-0.05, 0) is 11.5 Å². The van der Waals surface area contributed by atoms with E-state index in [4.69, 9.17) is 0 Å². The lowest BCUT2D eigenvalue weighted by Crippen LogP contribution is -2.21. The van der Waals surface area contributed by atoms with Gasteiger partial charge in [-0.15, -0.1) is 0 Å². The Morgan fingerprint density at radius 2 is 1.94 bits per heavy atom. The molecule has 2 rings (SSSR count). The Balaban J connectivity index is 2.30. The maximum atomic E-state index is 11.7. The molecule has 0 aliphatic rings. The van der Waals surface area contributed by atoms with E-state index in [1.54, 1.807) is 12.3 Å². The van der Waals surface area contributed by atoms with Crippen molar-refractivity contribution in [2.24, 2.45) is 0 Å². The fraction of sp³-hybridized carbons (Fsp3) is 0.154. The van der Waals surface area contributed by atoms with Gasteiger partial charge in [0, 0.05) is 18.6 Å². The van der Waals surface area contributed by atoms with Crippen LogP contribution in [0.4, 0.5) is 0 Å². The highest BCUT2D eigenvalue weighted by Crippen LogP contribution is 2.14. The third-order valence-electron chi connectivity index (χ3n) is 2.52. The topological polar surface area (TPSA) is 59.1 Å². The van der Waals surface area contributed by atoms with Crippen LogP contribution in [0.5, 0.6) is 0 Å². The predicted molar refractivity (Wildman–Crippen MR) is 64.8 cm³/mol. The summed E-state index contributed by atoms with van der Waals surface area (Å²) in [6.45, 7) is 0. The van der Waals surface area contributed by atoms with E-state index in [0.29, 0.717) is 5.69 Å². The quantitative estimate of drug-likeness (QED) is 0.640. The lowest BCUT2D eigenvalue weighted by Gasteiger charge is -2.01. The van der Waals surface area contributed by atoms with Crippen LogP contribution in [-0.4, -0.2) is 23.7 Å². The van der Waals surface area contributed by atoms with Crippen LogP contribution in [0.15, 0.2) is 36.5 Å². The standard InChI is InChI=1S/C13H12N2O2/c1-14-13(17)7-12(16)11-6-9-4-2-3-5-10(9)8-15-11/h2-6,8H,7H2,1H3,(H,14,17). The number of rotatable bonds is 3. The summed E-state index contributed by atoms with van der Waals surface area (Å²) in [7, 11) is 1.50. The molecule has 0 atom stereocenters. The third-order valence-corrected chi connectivity index (χ3v) is 2.52. The second kappa shape index (κ2) is 4.74. The number of pyridine rings is 1. The molecular formula is C13H12N2O2. The van der Waals surface area contributed by atoms with E-state index in [-0.39, 0.29) is 18.1 Å². The Kier molecular flexibility index (Phi) is 3.14. The molecule has 1 amide bonds. The molecule has 0 spiro atoms. The van der Waals surface area contributed by atoms with Crippen LogP contribution in [0.25, 0.3) is 10.8 Å². The SMILES string of the molecule is CNC(=O)CC(=O)c1cc2ccccc2cn1. The van der Waals surface area contributed by atoms with E-state index in [1.165, 1.54) is 7.05 Å². The Bertz CT molecular complexity index is 578. The fourth-order valence-corrected chi connectivity index (χ4v) is 1.56. The van der Waals surface area contributed by atoms with Crippen molar-refractivity contribution in [2.45, 2.75) is 6.42 Å². The van der Waals surface area contributed by atoms with Gasteiger partial charge in [0.1, 0.15) is 5.69 Å². The highest BCUT2D eigenvalue weighted by Gasteiger charge is 2.12. The van der Waals surface area contributed by atoms with Crippen molar-refractivity contribution in [3.63, 3.8) is 0 Å². The van der Waals surface area contributed by atoms with Crippen LogP contribution in [-0.2, 0) is 4.79 Å². The first kappa shape index (κ1) is 11.3. The van der Waals surface area contributed by atoms with Crippen molar-refractivity contribution < 1.29 is 9.59 Å². The van der Waals surface area contributed by atoms with Crippen molar-refractivity contribution in [1.82, 2.24) is 10.3 Å². The molecule has 0 saturated heterocycles. The van der Waals surface area contributed by atoms with E-state index < -0.39 is 0 Å². The summed E-state index contributed by atoms with van der Waals surface area (Å²) < 4.78 is 0. The molecule has 86 valence electrons. The second-order valence-electron chi connectivity index (χ2n) is 3.69. The zero-order valence-corrected chi connectivity index (χ0v) is 9.43. The molecule has 4 nitrogen and oxygen atoms in total. The van der Waals surface area contributed by atoms with Gasteiger partial charge in [-0.25, -0.2) is 0 Å². The van der Waals surface area contributed by atoms with Gasteiger partial charge in [0.05, 0.1) is 6.42 Å². The lowest BCUT2D eigenvalue weighted by atomic mass is 10.1. The van der Waals surface area contributed by atoms with Crippen LogP contribution in [0.3, 0.4) is 0 Å². The number of aromatic nitrogens is 1. The van der Waals surface area contributed by atoms with Gasteiger partial charge in [-0.3, -0.25) is 14.6 Å². The molecule has 1 aromatic carbocycles. The summed E-state index contributed by atoms with van der Waals surface area (Å²) >= 11 is 0. The molecule has 17 heavy (non-hydrogen) atoms. The lowest BCUT2D eigenvalue weighted by molar-refractivity contribution is -0.119. The minimum atomic E-state index is -0.301. The van der Waals surface area contributed by atoms with Gasteiger partial charge in [0.15, 0.2) is 5.78 Å². The summed E-state index contributed by atoms with van der Waals surface area (Å²) in [4.78, 5) is 26.9. The molecule has 0 bridgehead atoms. The molecule has 1 N–H and O–H groups in total. The van der Waals surface area contributed by atoms with Crippen molar-refractivity contribution >= 4 is 22.5 Å². The minimum absolute atomic E-state index is 0.165. The van der Waals surface area contributed by atoms with Crippen LogP contribution in [0.1, 0.15) is 16.9 Å². The summed E-state index contributed by atoms with van der Waals surface area (Å²) in [5.41, 5.74) is 0.326. The zero-order valence-electron chi connectivity index (χ0n) is 9.43. The van der Waals surface area contributed by atoms with Crippen molar-refractivity contribution in [3.8, 4) is 0 Å². The Labute approximate surface area is 98.7 Å². The third kappa shape index (κ3) is 2.47. The molecule has 0 fully saturated rings. The fourth-order valence-electron chi connectivity index (χ4n) is 1.56. The van der Waals surface area contributed by atoms with E-state index in [0.717, 1.165) is 10.8 Å². The van der Waals surface area contributed by atoms with Gasteiger partial charge in [-0.2, -0.15) is 0 Å². The number of nitrogens with one attached hydrogen (secondary N) is 1. The van der Waals surface area contributed by atoms with Crippen molar-refractivity contribution in [1.29, 1.82) is 0 Å². The van der Waals surface area contributed by atoms with Crippen LogP contribution in [0.2, 0.25) is 0 Å². The maximum Gasteiger partial charge on any atom is 0.227 e. The average molecular weight is 228 g/mol. The normalized spacial score (nSPS) is 10.2. The molecular weight excluding hydrogens is 216 g/mol. The number of amides is 1. The molecule has 0 aliphatic heterocycles. The molecule has 0 radical (unpaired) electrons. The second-order valence-corrected chi connectivity index (χ2v) is 3.69. The molecule has 0 saturated carbocycles. The number of nitrogens with zero attached hydrogens (tertiary/aromatic N) is 1. The van der Waals surface area contributed by atoms with E-state index >= 15 is 0 Å². The number of hydrogen-bond acceptors (Lipinski definition) is 3. The molecule has 0 aliphatic carbocycles. The largest absolute Gasteiger partial charge is 0.359 e. The first-order valence-electron chi connectivity index (χ1n) is 5.29. The van der Waals surface area contributed by atoms with Gasteiger partial charge in [0.25, 0.3) is 0 Å². The monoisotopic (exact) mass is 228 g/mol. The number of benzene rings is 1. The van der Waals surface area contributed by atoms with Crippen molar-refractivity contribution in [3.05, 3.63) is 42.2 Å². The maximum absolute atomic E-state index is 11.7. The number of hydrogen-bond donors (Lipinski definition) is 1. The molecule has 4 heteroatoms. The number of fused-ring (bicyclic) bond motifs is 1. The van der Waals surface area contributed by atoms with Crippen molar-refractivity contribution in [2.75, 3.05) is 7.05 Å². The van der Waals surface area contributed by atoms with E-state index in [9.17, 15) is 9.59 Å². The smallest absolute Gasteiger partial charge is 0.227 e. The summed E-state index contributed by atoms with van der Waals surface area (Å²) in [6, 6.07) is 9.36. The first-order chi connectivity index (χ1) is 8.20. The van der Waals surface area contributed by atoms with Gasteiger partial charge >= 0.3 is 0 Å². The van der Waals surface area contributed by atoms with Crippen LogP contribution in [0, 0.1) is 0 Å². The Morgan fingerprint density at radius 3 is 2.65 bits per heavy atom. The summed E-state index contributed by atoms with van der Waals surface area (Å²) in [5, 5.41) is 4.34. The number of Topliss-reactive ketones (excluding diaryl/α,β-unsaturated/α-hetero) is 1. The minimum Gasteiger partial charge on any atom is -0.359 e. The van der Waals surface area contributed by atoms with Gasteiger partial charge in [0.2, 0.25) is 5.91 Å². The number of ketones is 1. The highest BCUT2D eigenvalue weighted by molar-refractivity contribution is 6.07. The van der Waals surface area contributed by atoms with E-state index in [1.807, 2.05) is 24.3 Å². The Hall–Kier alpha value is -2.23. The first-order valence-corrected chi connectivity index (χ1v) is 5.29. The Morgan fingerprint density at radius 1 is 1.24 bits per heavy atom. The van der Waals surface area contributed by atoms with Crippen LogP contribution < -0.4 is 5.32 Å². The molecule has 1 heterocycles. The van der Waals surface area contributed by atoms with Crippen LogP contribution >= 0.6 is 0 Å². The van der Waals surface area contributed by atoms with E-state index in [2.05, 4.69) is 10.3 Å². The zero-order chi connectivity index (χ0) is 12.3. The molecule has 2 aromatic rings. The van der Waals surface area contributed by atoms with Gasteiger partial charge in [-0.1, -0.05) is 24.3 Å². The highest BCUT2D eigenvalue weighted by atomic mass is 16.2. The number of carbonyl (C=O) groups is 2. The predicted octanol–water partition coefficient (Wildman–Crippen LogP) is 1.55. The average Bonchev–Trinajstić information content (AvgIpc) is 2.38. The summed E-state index contributed by atoms with van der Waals surface area (Å²) in [6.07, 6.45) is 1.48. The molecule has 0 unspecified atom stereocenters. The van der Waals surface area contributed by atoms with Gasteiger partial charge < -0.3 is 5.32 Å². The molecule has 1 aromatic heterocycles. The number of carbonyl (C=O) groups excluding carboxylic acids is 2.